The maximum Gasteiger partial charge on any atom is 0.262 e. The van der Waals surface area contributed by atoms with Crippen molar-refractivity contribution in [2.24, 2.45) is 0 Å². The normalized spacial score (nSPS) is 18.6. The average Bonchev–Trinajstić information content (AvgIpc) is 3.18. The molecule has 0 aliphatic carbocycles. The van der Waals surface area contributed by atoms with Crippen LogP contribution in [-0.2, 0) is 14.8 Å². The Hall–Kier alpha value is -2.46. The van der Waals surface area contributed by atoms with Crippen molar-refractivity contribution >= 4 is 21.6 Å². The monoisotopic (exact) mass is 406 g/mol. The number of hydrogen-bond acceptors (Lipinski definition) is 7. The quantitative estimate of drug-likeness (QED) is 0.827. The van der Waals surface area contributed by atoms with Crippen molar-refractivity contribution in [3.05, 3.63) is 29.9 Å². The maximum atomic E-state index is 13.0. The topological polar surface area (TPSA) is 115 Å². The molecule has 0 bridgehead atoms. The third kappa shape index (κ3) is 3.49. The van der Waals surface area contributed by atoms with Crippen LogP contribution in [0.4, 0.5) is 5.69 Å². The highest BCUT2D eigenvalue weighted by atomic mass is 32.2. The lowest BCUT2D eigenvalue weighted by atomic mass is 9.98. The Morgan fingerprint density at radius 2 is 2.00 bits per heavy atom. The summed E-state index contributed by atoms with van der Waals surface area (Å²) in [5, 5.41) is 6.63. The van der Waals surface area contributed by atoms with Crippen molar-refractivity contribution in [3.63, 3.8) is 0 Å². The van der Waals surface area contributed by atoms with Gasteiger partial charge in [-0.05, 0) is 31.0 Å². The number of ether oxygens (including phenoxy) is 1. The van der Waals surface area contributed by atoms with E-state index in [0.29, 0.717) is 49.1 Å². The zero-order valence-corrected chi connectivity index (χ0v) is 16.5. The standard InChI is InChI=1S/C18H22N4O5S/c1-11(2)17-20-18(27-21-17)12-5-7-22(8-6-12)28(24,25)13-3-4-15-14(9-13)19-16(23)10-26-15/h3-4,9,11-12H,5-8,10H2,1-2H3,(H,19,23). The van der Waals surface area contributed by atoms with E-state index in [1.807, 2.05) is 13.8 Å². The first kappa shape index (κ1) is 18.9. The summed E-state index contributed by atoms with van der Waals surface area (Å²) >= 11 is 0. The van der Waals surface area contributed by atoms with Crippen LogP contribution in [0.2, 0.25) is 0 Å². The van der Waals surface area contributed by atoms with Gasteiger partial charge in [0.05, 0.1) is 10.6 Å². The summed E-state index contributed by atoms with van der Waals surface area (Å²) in [6.45, 7) is 4.66. The second kappa shape index (κ2) is 7.17. The minimum Gasteiger partial charge on any atom is -0.482 e. The number of carbonyl (C=O) groups excluding carboxylic acids is 1. The number of anilines is 1. The van der Waals surface area contributed by atoms with Gasteiger partial charge >= 0.3 is 0 Å². The molecule has 2 aromatic rings. The highest BCUT2D eigenvalue weighted by Gasteiger charge is 2.33. The second-order valence-corrected chi connectivity index (χ2v) is 9.26. The van der Waals surface area contributed by atoms with Crippen LogP contribution in [0.25, 0.3) is 0 Å². The third-order valence-corrected chi connectivity index (χ3v) is 6.89. The molecule has 150 valence electrons. The minimum absolute atomic E-state index is 0.0580. The smallest absolute Gasteiger partial charge is 0.262 e. The van der Waals surface area contributed by atoms with E-state index in [9.17, 15) is 13.2 Å². The number of amides is 1. The highest BCUT2D eigenvalue weighted by Crippen LogP contribution is 2.34. The van der Waals surface area contributed by atoms with Crippen LogP contribution in [0.1, 0.15) is 50.2 Å². The Morgan fingerprint density at radius 1 is 1.25 bits per heavy atom. The van der Waals surface area contributed by atoms with Crippen molar-refractivity contribution in [1.82, 2.24) is 14.4 Å². The molecule has 9 nitrogen and oxygen atoms in total. The molecular formula is C18H22N4O5S. The largest absolute Gasteiger partial charge is 0.482 e. The molecule has 1 aromatic carbocycles. The molecule has 0 unspecified atom stereocenters. The predicted molar refractivity (Wildman–Crippen MR) is 99.7 cm³/mol. The lowest BCUT2D eigenvalue weighted by Gasteiger charge is -2.30. The summed E-state index contributed by atoms with van der Waals surface area (Å²) in [6.07, 6.45) is 1.23. The van der Waals surface area contributed by atoms with Gasteiger partial charge < -0.3 is 14.6 Å². The fourth-order valence-corrected chi connectivity index (χ4v) is 4.86. The van der Waals surface area contributed by atoms with E-state index in [4.69, 9.17) is 9.26 Å². The van der Waals surface area contributed by atoms with Gasteiger partial charge in [0.2, 0.25) is 15.9 Å². The van der Waals surface area contributed by atoms with E-state index in [1.165, 1.54) is 16.4 Å². The molecule has 0 atom stereocenters. The maximum absolute atomic E-state index is 13.0. The van der Waals surface area contributed by atoms with Gasteiger partial charge in [0.15, 0.2) is 12.4 Å². The number of nitrogens with one attached hydrogen (secondary N) is 1. The summed E-state index contributed by atoms with van der Waals surface area (Å²) in [6, 6.07) is 4.52. The first-order valence-corrected chi connectivity index (χ1v) is 10.7. The minimum atomic E-state index is -3.67. The number of nitrogens with zero attached hydrogens (tertiary/aromatic N) is 3. The van der Waals surface area contributed by atoms with Gasteiger partial charge in [-0.15, -0.1) is 0 Å². The molecule has 1 saturated heterocycles. The number of rotatable bonds is 4. The molecule has 28 heavy (non-hydrogen) atoms. The molecule has 1 N–H and O–H groups in total. The number of carbonyl (C=O) groups is 1. The number of piperidine rings is 1. The first-order valence-electron chi connectivity index (χ1n) is 9.25. The second-order valence-electron chi connectivity index (χ2n) is 7.32. The molecule has 10 heteroatoms. The van der Waals surface area contributed by atoms with E-state index in [0.717, 1.165) is 0 Å². The first-order chi connectivity index (χ1) is 13.3. The molecule has 0 saturated carbocycles. The van der Waals surface area contributed by atoms with Crippen molar-refractivity contribution < 1.29 is 22.5 Å². The molecule has 2 aliphatic heterocycles. The van der Waals surface area contributed by atoms with Crippen LogP contribution >= 0.6 is 0 Å². The van der Waals surface area contributed by atoms with E-state index in [-0.39, 0.29) is 29.2 Å². The Balaban J connectivity index is 1.47. The molecular weight excluding hydrogens is 384 g/mol. The average molecular weight is 406 g/mol. The van der Waals surface area contributed by atoms with Crippen LogP contribution in [0, 0.1) is 0 Å². The van der Waals surface area contributed by atoms with Crippen molar-refractivity contribution in [3.8, 4) is 5.75 Å². The number of benzene rings is 1. The van der Waals surface area contributed by atoms with E-state index < -0.39 is 10.0 Å². The van der Waals surface area contributed by atoms with E-state index in [1.54, 1.807) is 6.07 Å². The Bertz CT molecular complexity index is 993. The summed E-state index contributed by atoms with van der Waals surface area (Å²) in [5.41, 5.74) is 0.374. The molecule has 0 radical (unpaired) electrons. The van der Waals surface area contributed by atoms with Gasteiger partial charge in [-0.3, -0.25) is 4.79 Å². The van der Waals surface area contributed by atoms with Crippen molar-refractivity contribution in [1.29, 1.82) is 0 Å². The van der Waals surface area contributed by atoms with Crippen molar-refractivity contribution in [2.45, 2.75) is 43.4 Å². The predicted octanol–water partition coefficient (Wildman–Crippen LogP) is 2.09. The summed E-state index contributed by atoms with van der Waals surface area (Å²) in [4.78, 5) is 16.1. The molecule has 3 heterocycles. The molecule has 2 aliphatic rings. The fraction of sp³-hybridized carbons (Fsp3) is 0.500. The number of aromatic nitrogens is 2. The number of fused-ring (bicyclic) bond motifs is 1. The summed E-state index contributed by atoms with van der Waals surface area (Å²) in [7, 11) is -3.67. The van der Waals surface area contributed by atoms with Gasteiger partial charge in [0.1, 0.15) is 5.75 Å². The van der Waals surface area contributed by atoms with Gasteiger partial charge in [-0.25, -0.2) is 8.42 Å². The van der Waals surface area contributed by atoms with Gasteiger partial charge in [0.25, 0.3) is 5.91 Å². The molecule has 1 aromatic heterocycles. The molecule has 1 fully saturated rings. The summed E-state index contributed by atoms with van der Waals surface area (Å²) in [5.74, 6) is 1.66. The lowest BCUT2D eigenvalue weighted by molar-refractivity contribution is -0.118. The van der Waals surface area contributed by atoms with Gasteiger partial charge in [-0.1, -0.05) is 19.0 Å². The van der Waals surface area contributed by atoms with Crippen LogP contribution in [0.5, 0.6) is 5.75 Å². The fourth-order valence-electron chi connectivity index (χ4n) is 3.36. The zero-order chi connectivity index (χ0) is 19.9. The SMILES string of the molecule is CC(C)c1noc(C2CCN(S(=O)(=O)c3ccc4c(c3)NC(=O)CO4)CC2)n1. The van der Waals surface area contributed by atoms with Crippen molar-refractivity contribution in [2.75, 3.05) is 25.0 Å². The highest BCUT2D eigenvalue weighted by molar-refractivity contribution is 7.89. The number of hydrogen-bond donors (Lipinski definition) is 1. The van der Waals surface area contributed by atoms with Gasteiger partial charge in [0, 0.05) is 24.9 Å². The van der Waals surface area contributed by atoms with Crippen LogP contribution in [-0.4, -0.2) is 48.5 Å². The van der Waals surface area contributed by atoms with E-state index in [2.05, 4.69) is 15.5 Å². The van der Waals surface area contributed by atoms with Crippen LogP contribution < -0.4 is 10.1 Å². The van der Waals surface area contributed by atoms with Crippen LogP contribution in [0.3, 0.4) is 0 Å². The van der Waals surface area contributed by atoms with E-state index >= 15 is 0 Å². The molecule has 4 rings (SSSR count). The Morgan fingerprint density at radius 3 is 2.68 bits per heavy atom. The Kier molecular flexibility index (Phi) is 4.84. The Labute approximate surface area is 163 Å². The van der Waals surface area contributed by atoms with Crippen LogP contribution in [0.15, 0.2) is 27.6 Å². The molecule has 1 amide bonds. The third-order valence-electron chi connectivity index (χ3n) is 5.00. The molecule has 0 spiro atoms. The van der Waals surface area contributed by atoms with Gasteiger partial charge in [-0.2, -0.15) is 9.29 Å². The zero-order valence-electron chi connectivity index (χ0n) is 15.7. The summed E-state index contributed by atoms with van der Waals surface area (Å²) < 4.78 is 38.1. The number of sulfonamides is 1. The lowest BCUT2D eigenvalue weighted by Crippen LogP contribution is -2.38.